The van der Waals surface area contributed by atoms with E-state index in [4.69, 9.17) is 0 Å². The molecule has 2 amide bonds. The number of hydrogen-bond acceptors (Lipinski definition) is 3. The van der Waals surface area contributed by atoms with Gasteiger partial charge in [0.25, 0.3) is 0 Å². The zero-order chi connectivity index (χ0) is 14.4. The molecule has 2 aliphatic rings. The fourth-order valence-corrected chi connectivity index (χ4v) is 2.66. The summed E-state index contributed by atoms with van der Waals surface area (Å²) in [6, 6.07) is 0. The molecule has 0 aromatic carbocycles. The maximum absolute atomic E-state index is 11.7. The topological polar surface area (TPSA) is 65.0 Å². The van der Waals surface area contributed by atoms with Gasteiger partial charge < -0.3 is 10.2 Å². The molecule has 0 aliphatic carbocycles. The summed E-state index contributed by atoms with van der Waals surface area (Å²) >= 11 is 0. The Morgan fingerprint density at radius 3 is 2.40 bits per heavy atom. The van der Waals surface area contributed by atoms with E-state index >= 15 is 0 Å². The number of piperidine rings is 1. The van der Waals surface area contributed by atoms with E-state index in [0.29, 0.717) is 32.4 Å². The van der Waals surface area contributed by atoms with Gasteiger partial charge in [-0.05, 0) is 26.2 Å². The van der Waals surface area contributed by atoms with Crippen molar-refractivity contribution in [1.29, 1.82) is 0 Å². The van der Waals surface area contributed by atoms with E-state index in [0.717, 1.165) is 25.6 Å². The second-order valence-electron chi connectivity index (χ2n) is 5.22. The number of hydrogen-bond donors (Lipinski definition) is 1. The Morgan fingerprint density at radius 1 is 1.15 bits per heavy atom. The first-order valence-corrected chi connectivity index (χ1v) is 7.59. The van der Waals surface area contributed by atoms with Crippen molar-refractivity contribution in [3.05, 3.63) is 0 Å². The SMILES string of the molecule is CCNC(=NCCN1C(=O)CCCC1=O)N1CCCC1. The van der Waals surface area contributed by atoms with Crippen molar-refractivity contribution in [1.82, 2.24) is 15.1 Å². The second kappa shape index (κ2) is 7.26. The van der Waals surface area contributed by atoms with Gasteiger partial charge in [-0.15, -0.1) is 0 Å². The van der Waals surface area contributed by atoms with Crippen LogP contribution in [0.3, 0.4) is 0 Å². The fourth-order valence-electron chi connectivity index (χ4n) is 2.66. The lowest BCUT2D eigenvalue weighted by Gasteiger charge is -2.25. The van der Waals surface area contributed by atoms with Crippen LogP contribution in [-0.4, -0.2) is 60.3 Å². The van der Waals surface area contributed by atoms with E-state index in [9.17, 15) is 9.59 Å². The van der Waals surface area contributed by atoms with Crippen LogP contribution in [0.25, 0.3) is 0 Å². The predicted octanol–water partition coefficient (Wildman–Crippen LogP) is 0.587. The number of nitrogens with one attached hydrogen (secondary N) is 1. The summed E-state index contributed by atoms with van der Waals surface area (Å²) < 4.78 is 0. The largest absolute Gasteiger partial charge is 0.357 e. The molecule has 112 valence electrons. The van der Waals surface area contributed by atoms with Crippen molar-refractivity contribution in [2.24, 2.45) is 4.99 Å². The summed E-state index contributed by atoms with van der Waals surface area (Å²) in [5, 5.41) is 3.27. The van der Waals surface area contributed by atoms with Gasteiger partial charge in [-0.1, -0.05) is 0 Å². The molecule has 0 radical (unpaired) electrons. The Balaban J connectivity index is 1.88. The molecule has 0 spiro atoms. The normalized spacial score (nSPS) is 20.8. The van der Waals surface area contributed by atoms with Crippen LogP contribution in [0.5, 0.6) is 0 Å². The first-order valence-electron chi connectivity index (χ1n) is 7.59. The minimum Gasteiger partial charge on any atom is -0.357 e. The minimum absolute atomic E-state index is 0.0531. The molecule has 0 aromatic heterocycles. The minimum atomic E-state index is -0.0531. The molecule has 2 aliphatic heterocycles. The highest BCUT2D eigenvalue weighted by atomic mass is 16.2. The molecular weight excluding hydrogens is 256 g/mol. The molecular formula is C14H24N4O2. The number of guanidine groups is 1. The Kier molecular flexibility index (Phi) is 5.38. The third kappa shape index (κ3) is 3.71. The highest BCUT2D eigenvalue weighted by Crippen LogP contribution is 2.12. The highest BCUT2D eigenvalue weighted by molar-refractivity contribution is 5.97. The van der Waals surface area contributed by atoms with Crippen molar-refractivity contribution in [2.75, 3.05) is 32.7 Å². The fraction of sp³-hybridized carbons (Fsp3) is 0.786. The van der Waals surface area contributed by atoms with Gasteiger partial charge in [0.15, 0.2) is 5.96 Å². The van der Waals surface area contributed by atoms with Gasteiger partial charge in [-0.25, -0.2) is 0 Å². The number of nitrogens with zero attached hydrogens (tertiary/aromatic N) is 3. The molecule has 0 unspecified atom stereocenters. The maximum Gasteiger partial charge on any atom is 0.229 e. The lowest BCUT2D eigenvalue weighted by molar-refractivity contribution is -0.147. The Labute approximate surface area is 120 Å². The number of carbonyl (C=O) groups excluding carboxylic acids is 2. The summed E-state index contributed by atoms with van der Waals surface area (Å²) in [5.74, 6) is 0.798. The highest BCUT2D eigenvalue weighted by Gasteiger charge is 2.25. The first-order chi connectivity index (χ1) is 9.72. The Morgan fingerprint density at radius 2 is 1.80 bits per heavy atom. The van der Waals surface area contributed by atoms with E-state index in [1.807, 2.05) is 6.92 Å². The molecule has 6 nitrogen and oxygen atoms in total. The van der Waals surface area contributed by atoms with Crippen LogP contribution in [0.2, 0.25) is 0 Å². The Hall–Kier alpha value is -1.59. The predicted molar refractivity (Wildman–Crippen MR) is 77.4 cm³/mol. The zero-order valence-electron chi connectivity index (χ0n) is 12.2. The van der Waals surface area contributed by atoms with Gasteiger partial charge in [-0.3, -0.25) is 19.5 Å². The lowest BCUT2D eigenvalue weighted by atomic mass is 10.1. The van der Waals surface area contributed by atoms with Crippen molar-refractivity contribution < 1.29 is 9.59 Å². The summed E-state index contributed by atoms with van der Waals surface area (Å²) in [6.07, 6.45) is 4.07. The molecule has 2 rings (SSSR count). The Bertz CT molecular complexity index is 373. The van der Waals surface area contributed by atoms with Gasteiger partial charge in [-0.2, -0.15) is 0 Å². The smallest absolute Gasteiger partial charge is 0.229 e. The molecule has 1 N–H and O–H groups in total. The first kappa shape index (κ1) is 14.8. The van der Waals surface area contributed by atoms with E-state index in [-0.39, 0.29) is 11.8 Å². The quantitative estimate of drug-likeness (QED) is 0.465. The molecule has 0 bridgehead atoms. The number of imide groups is 1. The lowest BCUT2D eigenvalue weighted by Crippen LogP contribution is -2.43. The summed E-state index contributed by atoms with van der Waals surface area (Å²) in [7, 11) is 0. The number of rotatable bonds is 4. The van der Waals surface area contributed by atoms with E-state index < -0.39 is 0 Å². The molecule has 6 heteroatoms. The van der Waals surface area contributed by atoms with Gasteiger partial charge >= 0.3 is 0 Å². The molecule has 0 aromatic rings. The number of aliphatic imine (C=N–C) groups is 1. The van der Waals surface area contributed by atoms with E-state index in [2.05, 4.69) is 15.2 Å². The molecule has 2 saturated heterocycles. The van der Waals surface area contributed by atoms with Crippen LogP contribution in [0.1, 0.15) is 39.0 Å². The average Bonchev–Trinajstić information content (AvgIpc) is 2.95. The van der Waals surface area contributed by atoms with Gasteiger partial charge in [0, 0.05) is 39.0 Å². The number of amides is 2. The number of likely N-dealkylation sites (tertiary alicyclic amines) is 2. The van der Waals surface area contributed by atoms with Crippen LogP contribution in [0, 0.1) is 0 Å². The van der Waals surface area contributed by atoms with Crippen molar-refractivity contribution in [2.45, 2.75) is 39.0 Å². The molecule has 2 fully saturated rings. The van der Waals surface area contributed by atoms with Gasteiger partial charge in [0.2, 0.25) is 11.8 Å². The number of carbonyl (C=O) groups is 2. The molecule has 0 saturated carbocycles. The van der Waals surface area contributed by atoms with Crippen LogP contribution in [-0.2, 0) is 9.59 Å². The van der Waals surface area contributed by atoms with E-state index in [1.54, 1.807) is 0 Å². The van der Waals surface area contributed by atoms with Crippen LogP contribution < -0.4 is 5.32 Å². The second-order valence-corrected chi connectivity index (χ2v) is 5.22. The standard InChI is InChI=1S/C14H24N4O2/c1-2-15-14(17-9-3-4-10-17)16-8-11-18-12(19)6-5-7-13(18)20/h2-11H2,1H3,(H,15,16). The van der Waals surface area contributed by atoms with Gasteiger partial charge in [0.1, 0.15) is 0 Å². The van der Waals surface area contributed by atoms with Crippen molar-refractivity contribution in [3.8, 4) is 0 Å². The average molecular weight is 280 g/mol. The summed E-state index contributed by atoms with van der Waals surface area (Å²) in [4.78, 5) is 31.5. The maximum atomic E-state index is 11.7. The molecule has 20 heavy (non-hydrogen) atoms. The third-order valence-electron chi connectivity index (χ3n) is 3.71. The summed E-state index contributed by atoms with van der Waals surface area (Å²) in [6.45, 7) is 5.83. The van der Waals surface area contributed by atoms with Crippen molar-refractivity contribution in [3.63, 3.8) is 0 Å². The zero-order valence-corrected chi connectivity index (χ0v) is 12.2. The van der Waals surface area contributed by atoms with Crippen molar-refractivity contribution >= 4 is 17.8 Å². The van der Waals surface area contributed by atoms with Crippen LogP contribution >= 0.6 is 0 Å². The van der Waals surface area contributed by atoms with Crippen LogP contribution in [0.4, 0.5) is 0 Å². The molecule has 0 atom stereocenters. The van der Waals surface area contributed by atoms with Crippen LogP contribution in [0.15, 0.2) is 4.99 Å². The van der Waals surface area contributed by atoms with Gasteiger partial charge in [0.05, 0.1) is 6.54 Å². The summed E-state index contributed by atoms with van der Waals surface area (Å²) in [5.41, 5.74) is 0. The molecule has 2 heterocycles. The monoisotopic (exact) mass is 280 g/mol. The third-order valence-corrected chi connectivity index (χ3v) is 3.71. The van der Waals surface area contributed by atoms with E-state index in [1.165, 1.54) is 17.7 Å².